The topological polar surface area (TPSA) is 68.3 Å². The number of benzene rings is 5. The highest BCUT2D eigenvalue weighted by Crippen LogP contribution is 2.34. The summed E-state index contributed by atoms with van der Waals surface area (Å²) < 4.78 is 27.4. The highest BCUT2D eigenvalue weighted by molar-refractivity contribution is 7.99. The van der Waals surface area contributed by atoms with E-state index < -0.39 is 20.9 Å². The van der Waals surface area contributed by atoms with Crippen molar-refractivity contribution in [2.45, 2.75) is 26.9 Å². The number of Topliss-reactive ketones (excluding diaryl/α,β-unsaturated/α-hetero) is 1. The summed E-state index contributed by atoms with van der Waals surface area (Å²) in [6.45, 7) is 1.88. The first-order valence-corrected chi connectivity index (χ1v) is 15.1. The molecule has 0 saturated carbocycles. The second-order valence-electron chi connectivity index (χ2n) is 9.36. The molecule has 40 heavy (non-hydrogen) atoms. The Labute approximate surface area is 238 Å². The molecule has 0 heterocycles. The molecule has 0 radical (unpaired) electrons. The predicted octanol–water partition coefficient (Wildman–Crippen LogP) is 7.78. The van der Waals surface area contributed by atoms with Crippen LogP contribution in [-0.4, -0.2) is 20.0 Å². The lowest BCUT2D eigenvalue weighted by Crippen LogP contribution is -2.23. The van der Waals surface area contributed by atoms with Gasteiger partial charge in [-0.15, -0.1) is 0 Å². The first-order chi connectivity index (χ1) is 19.3. The number of carbonyl (C=O) groups is 2. The van der Waals surface area contributed by atoms with E-state index >= 15 is 0 Å². The van der Waals surface area contributed by atoms with Crippen molar-refractivity contribution in [3.63, 3.8) is 0 Å². The largest absolute Gasteiger partial charge is 0.292 e. The van der Waals surface area contributed by atoms with Crippen LogP contribution in [-0.2, 0) is 9.84 Å². The van der Waals surface area contributed by atoms with Gasteiger partial charge >= 0.3 is 0 Å². The molecule has 0 fully saturated rings. The van der Waals surface area contributed by atoms with E-state index in [1.807, 2.05) is 49.4 Å². The Morgan fingerprint density at radius 1 is 0.575 bits per heavy atom. The van der Waals surface area contributed by atoms with E-state index in [0.29, 0.717) is 22.3 Å². The van der Waals surface area contributed by atoms with Gasteiger partial charge in [0.25, 0.3) is 0 Å². The molecule has 0 aliphatic carbocycles. The van der Waals surface area contributed by atoms with Gasteiger partial charge in [-0.1, -0.05) is 102 Å². The van der Waals surface area contributed by atoms with Gasteiger partial charge in [-0.2, -0.15) is 0 Å². The van der Waals surface area contributed by atoms with Crippen molar-refractivity contribution in [1.29, 1.82) is 0 Å². The molecule has 0 aromatic heterocycles. The number of sulfone groups is 1. The van der Waals surface area contributed by atoms with E-state index in [-0.39, 0.29) is 10.7 Å². The Bertz CT molecular complexity index is 1730. The molecule has 0 aliphatic heterocycles. The molecule has 0 spiro atoms. The maximum absolute atomic E-state index is 13.7. The summed E-state index contributed by atoms with van der Waals surface area (Å²) in [5, 5.41) is -1.36. The summed E-state index contributed by atoms with van der Waals surface area (Å²) in [4.78, 5) is 28.3. The highest BCUT2D eigenvalue weighted by Gasteiger charge is 2.36. The van der Waals surface area contributed by atoms with E-state index in [2.05, 4.69) is 0 Å². The number of hydrogen-bond donors (Lipinski definition) is 0. The molecule has 1 unspecified atom stereocenters. The molecule has 5 aromatic carbocycles. The molecule has 0 bridgehead atoms. The summed E-state index contributed by atoms with van der Waals surface area (Å²) in [5.41, 5.74) is 2.93. The van der Waals surface area contributed by atoms with Gasteiger partial charge in [0.05, 0.1) is 4.90 Å². The standard InChI is InChI=1S/C34H26O4S2/c1-24-12-22-31(23-13-24)40(37,38)34(28-10-6-3-7-11-28)33(36)27-16-20-30(21-17-27)39-29-18-14-26(15-19-29)32(35)25-8-4-2-5-9-25/h2-23,34H,1H3. The van der Waals surface area contributed by atoms with E-state index in [1.165, 1.54) is 11.8 Å². The van der Waals surface area contributed by atoms with Crippen LogP contribution in [0, 0.1) is 6.92 Å². The minimum atomic E-state index is -3.99. The van der Waals surface area contributed by atoms with Crippen molar-refractivity contribution in [3.05, 3.63) is 161 Å². The highest BCUT2D eigenvalue weighted by atomic mass is 32.2. The molecule has 0 N–H and O–H groups in total. The van der Waals surface area contributed by atoms with Crippen LogP contribution >= 0.6 is 11.8 Å². The third-order valence-corrected chi connectivity index (χ3v) is 9.58. The molecule has 1 atom stereocenters. The third kappa shape index (κ3) is 5.98. The maximum atomic E-state index is 13.7. The zero-order valence-electron chi connectivity index (χ0n) is 21.7. The lowest BCUT2D eigenvalue weighted by Gasteiger charge is -2.18. The van der Waals surface area contributed by atoms with Gasteiger partial charge in [0.15, 0.2) is 26.7 Å². The fourth-order valence-corrected chi connectivity index (χ4v) is 6.91. The normalized spacial score (nSPS) is 12.0. The van der Waals surface area contributed by atoms with Crippen LogP contribution in [0.25, 0.3) is 0 Å². The van der Waals surface area contributed by atoms with Gasteiger partial charge in [0.1, 0.15) is 0 Å². The number of carbonyl (C=O) groups excluding carboxylic acids is 2. The zero-order valence-corrected chi connectivity index (χ0v) is 23.4. The van der Waals surface area contributed by atoms with E-state index in [1.54, 1.807) is 91.0 Å². The molecule has 0 aliphatic rings. The summed E-state index contributed by atoms with van der Waals surface area (Å²) in [6, 6.07) is 38.6. The molecule has 198 valence electrons. The van der Waals surface area contributed by atoms with Crippen LogP contribution in [0.1, 0.15) is 42.7 Å². The van der Waals surface area contributed by atoms with Crippen LogP contribution in [0.4, 0.5) is 0 Å². The van der Waals surface area contributed by atoms with Crippen LogP contribution in [0.3, 0.4) is 0 Å². The lowest BCUT2D eigenvalue weighted by atomic mass is 10.0. The van der Waals surface area contributed by atoms with E-state index in [4.69, 9.17) is 0 Å². The summed E-state index contributed by atoms with van der Waals surface area (Å²) in [6.07, 6.45) is 0. The van der Waals surface area contributed by atoms with Crippen LogP contribution < -0.4 is 0 Å². The number of hydrogen-bond acceptors (Lipinski definition) is 5. The minimum absolute atomic E-state index is 0.0337. The Hall–Kier alpha value is -4.26. The van der Waals surface area contributed by atoms with Gasteiger partial charge in [-0.05, 0) is 61.0 Å². The second kappa shape index (κ2) is 11.9. The van der Waals surface area contributed by atoms with Gasteiger partial charge in [0, 0.05) is 26.5 Å². The summed E-state index contributed by atoms with van der Waals surface area (Å²) in [7, 11) is -3.99. The minimum Gasteiger partial charge on any atom is -0.292 e. The predicted molar refractivity (Wildman–Crippen MR) is 159 cm³/mol. The first kappa shape index (κ1) is 27.3. The van der Waals surface area contributed by atoms with Gasteiger partial charge in [0.2, 0.25) is 0 Å². The lowest BCUT2D eigenvalue weighted by molar-refractivity contribution is 0.0985. The number of aryl methyl sites for hydroxylation is 1. The van der Waals surface area contributed by atoms with Crippen molar-refractivity contribution >= 4 is 33.2 Å². The maximum Gasteiger partial charge on any atom is 0.193 e. The Kier molecular flexibility index (Phi) is 8.10. The quantitative estimate of drug-likeness (QED) is 0.172. The van der Waals surface area contributed by atoms with Crippen molar-refractivity contribution in [1.82, 2.24) is 0 Å². The van der Waals surface area contributed by atoms with Crippen LogP contribution in [0.15, 0.2) is 148 Å². The molecule has 5 rings (SSSR count). The average Bonchev–Trinajstić information content (AvgIpc) is 2.99. The molecule has 6 heteroatoms. The van der Waals surface area contributed by atoms with Crippen LogP contribution in [0.5, 0.6) is 0 Å². The number of rotatable bonds is 9. The molecular weight excluding hydrogens is 537 g/mol. The smallest absolute Gasteiger partial charge is 0.193 e. The number of ketones is 2. The fraction of sp³-hybridized carbons (Fsp3) is 0.0588. The Morgan fingerprint density at radius 3 is 1.60 bits per heavy atom. The fourth-order valence-electron chi connectivity index (χ4n) is 4.37. The summed E-state index contributed by atoms with van der Waals surface area (Å²) >= 11 is 1.49. The molecular formula is C34H26O4S2. The Balaban J connectivity index is 1.36. The van der Waals surface area contributed by atoms with Crippen molar-refractivity contribution < 1.29 is 18.0 Å². The van der Waals surface area contributed by atoms with E-state index in [0.717, 1.165) is 15.4 Å². The van der Waals surface area contributed by atoms with Gasteiger partial charge < -0.3 is 0 Å². The summed E-state index contributed by atoms with van der Waals surface area (Å²) in [5.74, 6) is -0.513. The molecule has 0 saturated heterocycles. The van der Waals surface area contributed by atoms with Gasteiger partial charge in [-0.25, -0.2) is 8.42 Å². The molecule has 0 amide bonds. The average molecular weight is 563 g/mol. The molecule has 4 nitrogen and oxygen atoms in total. The molecule has 5 aromatic rings. The SMILES string of the molecule is Cc1ccc(S(=O)(=O)C(C(=O)c2ccc(Sc3ccc(C(=O)c4ccccc4)cc3)cc2)c2ccccc2)cc1. The Morgan fingerprint density at radius 2 is 1.05 bits per heavy atom. The van der Waals surface area contributed by atoms with Crippen molar-refractivity contribution in [3.8, 4) is 0 Å². The second-order valence-corrected chi connectivity index (χ2v) is 12.5. The third-order valence-electron chi connectivity index (χ3n) is 6.53. The first-order valence-electron chi connectivity index (χ1n) is 12.7. The zero-order chi connectivity index (χ0) is 28.1. The monoisotopic (exact) mass is 562 g/mol. The van der Waals surface area contributed by atoms with Crippen LogP contribution in [0.2, 0.25) is 0 Å². The van der Waals surface area contributed by atoms with Crippen molar-refractivity contribution in [2.75, 3.05) is 0 Å². The van der Waals surface area contributed by atoms with E-state index in [9.17, 15) is 18.0 Å². The van der Waals surface area contributed by atoms with Gasteiger partial charge in [-0.3, -0.25) is 9.59 Å². The van der Waals surface area contributed by atoms with Crippen molar-refractivity contribution in [2.24, 2.45) is 0 Å².